The Hall–Kier alpha value is -3.52. The lowest BCUT2D eigenvalue weighted by Gasteiger charge is -2.09. The summed E-state index contributed by atoms with van der Waals surface area (Å²) < 4.78 is 16.2. The molecule has 0 aliphatic rings. The van der Waals surface area contributed by atoms with Crippen LogP contribution in [0.15, 0.2) is 53.2 Å². The fourth-order valence-electron chi connectivity index (χ4n) is 2.58. The Morgan fingerprint density at radius 2 is 1.92 bits per heavy atom. The van der Waals surface area contributed by atoms with Gasteiger partial charge in [-0.15, -0.1) is 0 Å². The lowest BCUT2D eigenvalue weighted by Crippen LogP contribution is -1.95. The van der Waals surface area contributed by atoms with Crippen molar-refractivity contribution < 1.29 is 18.7 Å². The zero-order valence-corrected chi connectivity index (χ0v) is 13.8. The van der Waals surface area contributed by atoms with Crippen molar-refractivity contribution in [3.05, 3.63) is 65.4 Å². The van der Waals surface area contributed by atoms with Crippen molar-refractivity contribution in [2.45, 2.75) is 0 Å². The number of nitrogens with zero attached hydrogens (tertiary/aromatic N) is 1. The minimum Gasteiger partial charge on any atom is -0.495 e. The number of allylic oxidation sites excluding steroid dienone is 1. The van der Waals surface area contributed by atoms with Gasteiger partial charge in [0.05, 0.1) is 37.5 Å². The van der Waals surface area contributed by atoms with Gasteiger partial charge in [-0.05, 0) is 48.6 Å². The largest absolute Gasteiger partial charge is 0.495 e. The van der Waals surface area contributed by atoms with Crippen LogP contribution >= 0.6 is 0 Å². The minimum absolute atomic E-state index is 0.169. The molecule has 0 N–H and O–H groups in total. The number of ether oxygens (including phenoxy) is 2. The molecule has 2 aromatic carbocycles. The molecule has 5 heteroatoms. The van der Waals surface area contributed by atoms with Crippen molar-refractivity contribution in [3.63, 3.8) is 0 Å². The average molecular weight is 333 g/mol. The molecule has 0 atom stereocenters. The molecule has 25 heavy (non-hydrogen) atoms. The summed E-state index contributed by atoms with van der Waals surface area (Å²) in [6.07, 6.45) is 4.70. The molecule has 0 radical (unpaired) electrons. The maximum atomic E-state index is 12.3. The number of ketones is 1. The highest BCUT2D eigenvalue weighted by Crippen LogP contribution is 2.38. The molecule has 5 nitrogen and oxygen atoms in total. The van der Waals surface area contributed by atoms with E-state index in [1.54, 1.807) is 63.0 Å². The van der Waals surface area contributed by atoms with Gasteiger partial charge in [0.1, 0.15) is 5.75 Å². The number of furan rings is 1. The van der Waals surface area contributed by atoms with E-state index in [9.17, 15) is 4.79 Å². The van der Waals surface area contributed by atoms with Crippen molar-refractivity contribution >= 4 is 22.8 Å². The van der Waals surface area contributed by atoms with Gasteiger partial charge in [-0.2, -0.15) is 5.26 Å². The van der Waals surface area contributed by atoms with Gasteiger partial charge in [0, 0.05) is 11.1 Å². The molecule has 0 aliphatic carbocycles. The normalized spacial score (nSPS) is 10.8. The van der Waals surface area contributed by atoms with Gasteiger partial charge < -0.3 is 13.9 Å². The van der Waals surface area contributed by atoms with Crippen LogP contribution in [0.4, 0.5) is 0 Å². The fourth-order valence-corrected chi connectivity index (χ4v) is 2.58. The van der Waals surface area contributed by atoms with Gasteiger partial charge in [0.15, 0.2) is 17.1 Å². The third-order valence-electron chi connectivity index (χ3n) is 3.82. The number of rotatable bonds is 5. The first kappa shape index (κ1) is 16.3. The summed E-state index contributed by atoms with van der Waals surface area (Å²) in [6.45, 7) is 0. The van der Waals surface area contributed by atoms with E-state index in [0.717, 1.165) is 5.39 Å². The quantitative estimate of drug-likeness (QED) is 0.516. The van der Waals surface area contributed by atoms with Crippen molar-refractivity contribution in [3.8, 4) is 17.6 Å². The molecule has 0 amide bonds. The van der Waals surface area contributed by atoms with Gasteiger partial charge in [-0.3, -0.25) is 4.79 Å². The molecule has 0 spiro atoms. The maximum absolute atomic E-state index is 12.3. The number of fused-ring (bicyclic) bond motifs is 1. The monoisotopic (exact) mass is 333 g/mol. The molecule has 0 aliphatic heterocycles. The fraction of sp³-hybridized carbons (Fsp3) is 0.100. The number of nitriles is 1. The van der Waals surface area contributed by atoms with Gasteiger partial charge >= 0.3 is 0 Å². The van der Waals surface area contributed by atoms with E-state index >= 15 is 0 Å². The number of methoxy groups -OCH3 is 2. The molecule has 0 saturated carbocycles. The Bertz CT molecular complexity index is 991. The molecule has 1 heterocycles. The van der Waals surface area contributed by atoms with Crippen LogP contribution in [0.1, 0.15) is 21.5 Å². The second kappa shape index (κ2) is 6.93. The number of carbonyl (C=O) groups is 1. The predicted molar refractivity (Wildman–Crippen MR) is 93.8 cm³/mol. The smallest absolute Gasteiger partial charge is 0.185 e. The lowest BCUT2D eigenvalue weighted by atomic mass is 10.1. The molecular weight excluding hydrogens is 318 g/mol. The SMILES string of the molecule is COc1c(/C=C/C(=O)c2ccc(C#N)cc2)cc(OC)c2occc12. The minimum atomic E-state index is -0.169. The van der Waals surface area contributed by atoms with E-state index in [1.807, 2.05) is 6.07 Å². The molecular formula is C20H15NO4. The van der Waals surface area contributed by atoms with Crippen molar-refractivity contribution in [2.75, 3.05) is 14.2 Å². The van der Waals surface area contributed by atoms with E-state index in [4.69, 9.17) is 19.2 Å². The first-order valence-corrected chi connectivity index (χ1v) is 7.52. The second-order valence-corrected chi connectivity index (χ2v) is 5.25. The number of benzene rings is 2. The van der Waals surface area contributed by atoms with E-state index in [2.05, 4.69) is 0 Å². The Kier molecular flexibility index (Phi) is 4.53. The summed E-state index contributed by atoms with van der Waals surface area (Å²) >= 11 is 0. The van der Waals surface area contributed by atoms with Crippen LogP contribution in [-0.2, 0) is 0 Å². The summed E-state index contributed by atoms with van der Waals surface area (Å²) in [5.41, 5.74) is 2.31. The van der Waals surface area contributed by atoms with E-state index in [1.165, 1.54) is 6.08 Å². The van der Waals surface area contributed by atoms with E-state index in [-0.39, 0.29) is 5.78 Å². The molecule has 0 bridgehead atoms. The highest BCUT2D eigenvalue weighted by atomic mass is 16.5. The van der Waals surface area contributed by atoms with Crippen LogP contribution in [0.3, 0.4) is 0 Å². The number of hydrogen-bond acceptors (Lipinski definition) is 5. The molecule has 1 aromatic heterocycles. The van der Waals surface area contributed by atoms with Crippen LogP contribution in [0.25, 0.3) is 17.0 Å². The Morgan fingerprint density at radius 1 is 1.16 bits per heavy atom. The zero-order valence-electron chi connectivity index (χ0n) is 13.8. The summed E-state index contributed by atoms with van der Waals surface area (Å²) in [7, 11) is 3.12. The van der Waals surface area contributed by atoms with Crippen LogP contribution in [0, 0.1) is 11.3 Å². The highest BCUT2D eigenvalue weighted by molar-refractivity contribution is 6.07. The summed E-state index contributed by atoms with van der Waals surface area (Å²) in [5.74, 6) is 0.998. The molecule has 0 unspecified atom stereocenters. The van der Waals surface area contributed by atoms with Crippen molar-refractivity contribution in [2.24, 2.45) is 0 Å². The number of hydrogen-bond donors (Lipinski definition) is 0. The summed E-state index contributed by atoms with van der Waals surface area (Å²) in [6, 6.07) is 12.1. The molecule has 0 saturated heterocycles. The second-order valence-electron chi connectivity index (χ2n) is 5.25. The van der Waals surface area contributed by atoms with E-state index < -0.39 is 0 Å². The van der Waals surface area contributed by atoms with Crippen LogP contribution < -0.4 is 9.47 Å². The van der Waals surface area contributed by atoms with Crippen molar-refractivity contribution in [1.29, 1.82) is 5.26 Å². The maximum Gasteiger partial charge on any atom is 0.185 e. The van der Waals surface area contributed by atoms with Gasteiger partial charge in [-0.1, -0.05) is 0 Å². The standard InChI is InChI=1S/C20H15NO4/c1-23-18-11-15(19(24-2)16-9-10-25-20(16)18)7-8-17(22)14-5-3-13(12-21)4-6-14/h3-11H,1-2H3/b8-7+. The third kappa shape index (κ3) is 3.10. The first-order valence-electron chi connectivity index (χ1n) is 7.52. The van der Waals surface area contributed by atoms with Crippen LogP contribution in [0.5, 0.6) is 11.5 Å². The lowest BCUT2D eigenvalue weighted by molar-refractivity contribution is 0.104. The summed E-state index contributed by atoms with van der Waals surface area (Å²) in [4.78, 5) is 12.3. The van der Waals surface area contributed by atoms with Gasteiger partial charge in [-0.25, -0.2) is 0 Å². The highest BCUT2D eigenvalue weighted by Gasteiger charge is 2.14. The zero-order chi connectivity index (χ0) is 17.8. The van der Waals surface area contributed by atoms with E-state index in [0.29, 0.717) is 33.8 Å². The van der Waals surface area contributed by atoms with Gasteiger partial charge in [0.2, 0.25) is 0 Å². The molecule has 3 aromatic rings. The molecule has 3 rings (SSSR count). The Labute approximate surface area is 144 Å². The Morgan fingerprint density at radius 3 is 2.56 bits per heavy atom. The van der Waals surface area contributed by atoms with Crippen LogP contribution in [-0.4, -0.2) is 20.0 Å². The Balaban J connectivity index is 1.97. The summed E-state index contributed by atoms with van der Waals surface area (Å²) in [5, 5.41) is 9.58. The first-order chi connectivity index (χ1) is 12.2. The van der Waals surface area contributed by atoms with Gasteiger partial charge in [0.25, 0.3) is 0 Å². The topological polar surface area (TPSA) is 72.5 Å². The van der Waals surface area contributed by atoms with Crippen molar-refractivity contribution in [1.82, 2.24) is 0 Å². The predicted octanol–water partition coefficient (Wildman–Crippen LogP) is 4.22. The molecule has 0 fully saturated rings. The van der Waals surface area contributed by atoms with Crippen LogP contribution in [0.2, 0.25) is 0 Å². The third-order valence-corrected chi connectivity index (χ3v) is 3.82. The average Bonchev–Trinajstić information content (AvgIpc) is 3.14. The molecule has 124 valence electrons. The number of carbonyl (C=O) groups excluding carboxylic acids is 1.